The Balaban J connectivity index is 1.42. The molecule has 11 nitrogen and oxygen atoms in total. The highest BCUT2D eigenvalue weighted by molar-refractivity contribution is 6.36. The van der Waals surface area contributed by atoms with Crippen LogP contribution >= 0.6 is 11.6 Å². The molecule has 2 aromatic carbocycles. The minimum atomic E-state index is -1.94. The molecule has 1 aliphatic heterocycles. The number of nitrogens with one attached hydrogen (secondary N) is 2. The van der Waals surface area contributed by atoms with Crippen molar-refractivity contribution in [2.45, 2.75) is 31.8 Å². The zero-order valence-corrected chi connectivity index (χ0v) is 25.3. The molecule has 228 valence electrons. The Morgan fingerprint density at radius 1 is 1.09 bits per heavy atom. The zero-order valence-electron chi connectivity index (χ0n) is 24.5. The van der Waals surface area contributed by atoms with Gasteiger partial charge in [-0.15, -0.1) is 0 Å². The average molecular weight is 620 g/mol. The molecular weight excluding hydrogens is 590 g/mol. The lowest BCUT2D eigenvalue weighted by molar-refractivity contribution is -0.120. The van der Waals surface area contributed by atoms with Crippen LogP contribution in [-0.2, 0) is 24.1 Å². The molecule has 2 aliphatic rings. The van der Waals surface area contributed by atoms with Crippen molar-refractivity contribution in [2.75, 3.05) is 27.9 Å². The molecule has 0 radical (unpaired) electrons. The SMILES string of the molecule is COc1ccc(-c2oc3c(c2CC(=O)NCCc2cnc[nH]2)C(=O)[C@@]2(Oc4c(Cl)c(OC)cc(OC)c4C2=O)[C@H](C)C3)cc1. The Morgan fingerprint density at radius 2 is 1.82 bits per heavy atom. The van der Waals surface area contributed by atoms with E-state index in [-0.39, 0.29) is 52.1 Å². The number of hydrogen-bond acceptors (Lipinski definition) is 9. The maximum atomic E-state index is 14.6. The summed E-state index contributed by atoms with van der Waals surface area (Å²) in [6, 6.07) is 8.59. The van der Waals surface area contributed by atoms with E-state index in [1.54, 1.807) is 50.8 Å². The number of aromatic amines is 1. The summed E-state index contributed by atoms with van der Waals surface area (Å²) >= 11 is 6.58. The molecule has 0 bridgehead atoms. The minimum Gasteiger partial charge on any atom is -0.497 e. The fourth-order valence-electron chi connectivity index (χ4n) is 5.96. The number of benzene rings is 2. The quantitative estimate of drug-likeness (QED) is 0.256. The molecule has 0 saturated carbocycles. The number of amides is 1. The third-order valence-electron chi connectivity index (χ3n) is 8.21. The van der Waals surface area contributed by atoms with E-state index in [0.717, 1.165) is 5.69 Å². The van der Waals surface area contributed by atoms with Gasteiger partial charge in [0.2, 0.25) is 23.1 Å². The second kappa shape index (κ2) is 11.4. The number of imidazole rings is 1. The third kappa shape index (κ3) is 4.59. The maximum Gasteiger partial charge on any atom is 0.237 e. The lowest BCUT2D eigenvalue weighted by Gasteiger charge is -2.35. The lowest BCUT2D eigenvalue weighted by Crippen LogP contribution is -2.56. The average Bonchev–Trinajstić information content (AvgIpc) is 3.75. The monoisotopic (exact) mass is 619 g/mol. The molecule has 0 saturated heterocycles. The number of carbonyl (C=O) groups excluding carboxylic acids is 3. The molecule has 4 aromatic rings. The number of furan rings is 1. The first-order valence-electron chi connectivity index (χ1n) is 14.0. The molecule has 1 spiro atoms. The number of ketones is 2. The van der Waals surface area contributed by atoms with Gasteiger partial charge in [0.25, 0.3) is 0 Å². The van der Waals surface area contributed by atoms with Gasteiger partial charge in [0, 0.05) is 54.4 Å². The van der Waals surface area contributed by atoms with Crippen molar-refractivity contribution in [1.29, 1.82) is 0 Å². The van der Waals surface area contributed by atoms with E-state index in [9.17, 15) is 14.4 Å². The Morgan fingerprint density at radius 3 is 2.48 bits per heavy atom. The van der Waals surface area contributed by atoms with Crippen LogP contribution in [-0.4, -0.2) is 60.9 Å². The Labute approximate surface area is 257 Å². The van der Waals surface area contributed by atoms with Gasteiger partial charge in [0.15, 0.2) is 5.75 Å². The largest absolute Gasteiger partial charge is 0.497 e. The van der Waals surface area contributed by atoms with Crippen LogP contribution in [0, 0.1) is 5.92 Å². The molecule has 6 rings (SSSR count). The normalized spacial score (nSPS) is 18.5. The number of methoxy groups -OCH3 is 3. The molecule has 1 aliphatic carbocycles. The zero-order chi connectivity index (χ0) is 31.2. The van der Waals surface area contributed by atoms with E-state index in [1.165, 1.54) is 20.3 Å². The van der Waals surface area contributed by atoms with Gasteiger partial charge in [-0.25, -0.2) is 4.98 Å². The fraction of sp³-hybridized carbons (Fsp3) is 0.312. The first-order valence-corrected chi connectivity index (χ1v) is 14.4. The number of rotatable bonds is 9. The molecule has 2 N–H and O–H groups in total. The van der Waals surface area contributed by atoms with Crippen LogP contribution in [0.4, 0.5) is 0 Å². The molecular formula is C32H30ClN3O8. The van der Waals surface area contributed by atoms with Crippen molar-refractivity contribution in [3.05, 3.63) is 76.0 Å². The number of hydrogen-bond donors (Lipinski definition) is 2. The second-order valence-corrected chi connectivity index (χ2v) is 11.1. The topological polar surface area (TPSA) is 142 Å². The first kappa shape index (κ1) is 29.3. The van der Waals surface area contributed by atoms with Gasteiger partial charge in [-0.3, -0.25) is 14.4 Å². The van der Waals surface area contributed by atoms with Crippen molar-refractivity contribution < 1.29 is 37.7 Å². The summed E-state index contributed by atoms with van der Waals surface area (Å²) in [4.78, 5) is 49.1. The summed E-state index contributed by atoms with van der Waals surface area (Å²) in [5.41, 5.74) is 0.165. The number of aromatic nitrogens is 2. The van der Waals surface area contributed by atoms with Crippen LogP contribution in [0.15, 0.2) is 47.3 Å². The number of carbonyl (C=O) groups is 3. The number of fused-ring (bicyclic) bond motifs is 2. The summed E-state index contributed by atoms with van der Waals surface area (Å²) in [5, 5.41) is 2.96. The third-order valence-corrected chi connectivity index (χ3v) is 8.57. The highest BCUT2D eigenvalue weighted by Gasteiger charge is 2.63. The van der Waals surface area contributed by atoms with Crippen molar-refractivity contribution in [3.63, 3.8) is 0 Å². The summed E-state index contributed by atoms with van der Waals surface area (Å²) in [6.45, 7) is 2.10. The van der Waals surface area contributed by atoms with Gasteiger partial charge in [-0.05, 0) is 24.3 Å². The van der Waals surface area contributed by atoms with E-state index in [2.05, 4.69) is 15.3 Å². The molecule has 1 amide bonds. The highest BCUT2D eigenvalue weighted by atomic mass is 35.5. The number of ether oxygens (including phenoxy) is 4. The molecule has 2 atom stereocenters. The molecule has 44 heavy (non-hydrogen) atoms. The van der Waals surface area contributed by atoms with Gasteiger partial charge in [0.1, 0.15) is 39.4 Å². The predicted molar refractivity (Wildman–Crippen MR) is 159 cm³/mol. The number of Topliss-reactive ketones (excluding diaryl/α,β-unsaturated/α-hetero) is 2. The molecule has 0 unspecified atom stereocenters. The van der Waals surface area contributed by atoms with Gasteiger partial charge in [-0.2, -0.15) is 0 Å². The van der Waals surface area contributed by atoms with Crippen molar-refractivity contribution >= 4 is 29.1 Å². The molecule has 2 aromatic heterocycles. The van der Waals surface area contributed by atoms with E-state index >= 15 is 0 Å². The lowest BCUT2D eigenvalue weighted by atomic mass is 9.70. The van der Waals surface area contributed by atoms with E-state index in [4.69, 9.17) is 35.0 Å². The van der Waals surface area contributed by atoms with Gasteiger partial charge in [-0.1, -0.05) is 18.5 Å². The number of H-pyrrole nitrogens is 1. The number of halogens is 1. The van der Waals surface area contributed by atoms with Crippen molar-refractivity contribution in [3.8, 4) is 34.3 Å². The van der Waals surface area contributed by atoms with Crippen LogP contribution in [0.5, 0.6) is 23.0 Å². The van der Waals surface area contributed by atoms with Crippen LogP contribution in [0.2, 0.25) is 5.02 Å². The van der Waals surface area contributed by atoms with Crippen LogP contribution < -0.4 is 24.3 Å². The Kier molecular flexibility index (Phi) is 7.58. The molecule has 12 heteroatoms. The molecule has 3 heterocycles. The smallest absolute Gasteiger partial charge is 0.237 e. The summed E-state index contributed by atoms with van der Waals surface area (Å²) in [5.74, 6) is -0.323. The van der Waals surface area contributed by atoms with Gasteiger partial charge < -0.3 is 33.7 Å². The van der Waals surface area contributed by atoms with Crippen molar-refractivity contribution in [1.82, 2.24) is 15.3 Å². The number of nitrogens with zero attached hydrogens (tertiary/aromatic N) is 1. The highest BCUT2D eigenvalue weighted by Crippen LogP contribution is 2.54. The van der Waals surface area contributed by atoms with E-state index < -0.39 is 23.1 Å². The summed E-state index contributed by atoms with van der Waals surface area (Å²) < 4.78 is 28.8. The van der Waals surface area contributed by atoms with Crippen LogP contribution in [0.25, 0.3) is 11.3 Å². The standard InChI is InChI=1S/C32H30ClN3O8/c1-16-11-22-25(30(38)32(16)31(39)26-21(41-3)13-23(42-4)27(33)29(26)44-32)20(12-24(37)35-10-9-18-14-34-15-36-18)28(43-22)17-5-7-19(40-2)8-6-17/h5-8,13-16H,9-12H2,1-4H3,(H,34,36)(H,35,37)/t16-,32+/m1/s1. The summed E-state index contributed by atoms with van der Waals surface area (Å²) in [7, 11) is 4.40. The summed E-state index contributed by atoms with van der Waals surface area (Å²) in [6.07, 6.45) is 3.84. The second-order valence-electron chi connectivity index (χ2n) is 10.7. The maximum absolute atomic E-state index is 14.6. The van der Waals surface area contributed by atoms with Crippen LogP contribution in [0.3, 0.4) is 0 Å². The van der Waals surface area contributed by atoms with Gasteiger partial charge >= 0.3 is 0 Å². The van der Waals surface area contributed by atoms with Gasteiger partial charge in [0.05, 0.1) is 39.6 Å². The van der Waals surface area contributed by atoms with Crippen LogP contribution in [0.1, 0.15) is 44.7 Å². The minimum absolute atomic E-state index is 0.0217. The Bertz CT molecular complexity index is 1760. The molecule has 0 fully saturated rings. The first-order chi connectivity index (χ1) is 21.2. The Hall–Kier alpha value is -4.77. The fourth-order valence-corrected chi connectivity index (χ4v) is 6.22. The predicted octanol–water partition coefficient (Wildman–Crippen LogP) is 4.64. The van der Waals surface area contributed by atoms with Crippen molar-refractivity contribution in [2.24, 2.45) is 5.92 Å². The van der Waals surface area contributed by atoms with E-state index in [1.807, 2.05) is 0 Å². The van der Waals surface area contributed by atoms with E-state index in [0.29, 0.717) is 41.4 Å².